The molecule has 1 aromatic carbocycles. The van der Waals surface area contributed by atoms with Crippen LogP contribution in [-0.2, 0) is 4.79 Å². The minimum atomic E-state index is -0.679. The number of nitrogens with one attached hydrogen (secondary N) is 1. The molecule has 0 saturated heterocycles. The van der Waals surface area contributed by atoms with Gasteiger partial charge in [0.25, 0.3) is 0 Å². The summed E-state index contributed by atoms with van der Waals surface area (Å²) in [5.74, 6) is 0.169. The maximum Gasteiger partial charge on any atom is 0.247 e. The largest absolute Gasteiger partial charge is 0.316 e. The lowest BCUT2D eigenvalue weighted by Gasteiger charge is -2.11. The Morgan fingerprint density at radius 1 is 1.30 bits per heavy atom. The van der Waals surface area contributed by atoms with Gasteiger partial charge in [0.15, 0.2) is 5.13 Å². The van der Waals surface area contributed by atoms with E-state index in [0.717, 1.165) is 16.0 Å². The van der Waals surface area contributed by atoms with Crippen molar-refractivity contribution in [2.75, 3.05) is 5.32 Å². The molecule has 0 bridgehead atoms. The van der Waals surface area contributed by atoms with E-state index in [1.54, 1.807) is 6.20 Å². The molecule has 0 fully saturated rings. The number of nitrogens with zero attached hydrogens (tertiary/aromatic N) is 1. The highest BCUT2D eigenvalue weighted by molar-refractivity contribution is 7.15. The van der Waals surface area contributed by atoms with E-state index in [0.29, 0.717) is 11.0 Å². The van der Waals surface area contributed by atoms with Gasteiger partial charge in [0.05, 0.1) is 0 Å². The van der Waals surface area contributed by atoms with Gasteiger partial charge in [-0.3, -0.25) is 4.79 Å². The van der Waals surface area contributed by atoms with Crippen molar-refractivity contribution < 1.29 is 4.79 Å². The summed E-state index contributed by atoms with van der Waals surface area (Å²) in [5, 5.41) is 3.37. The van der Waals surface area contributed by atoms with E-state index in [1.165, 1.54) is 11.3 Å². The first kappa shape index (κ1) is 14.7. The molecule has 2 aromatic rings. The standard InChI is InChI=1S/C15H19N3OS/c1-9(2)12-8-17-15(20-12)18-14(19)13(16)11-6-4-10(3)5-7-11/h4-9,13H,16H2,1-3H3,(H,17,18,19). The van der Waals surface area contributed by atoms with Gasteiger partial charge >= 0.3 is 0 Å². The molecule has 0 spiro atoms. The average Bonchev–Trinajstić information content (AvgIpc) is 2.87. The zero-order valence-corrected chi connectivity index (χ0v) is 12.7. The van der Waals surface area contributed by atoms with E-state index >= 15 is 0 Å². The van der Waals surface area contributed by atoms with Crippen molar-refractivity contribution in [1.29, 1.82) is 0 Å². The second-order valence-corrected chi connectivity index (χ2v) is 6.16. The Bertz CT molecular complexity index is 589. The molecular formula is C15H19N3OS. The number of thiazole rings is 1. The Balaban J connectivity index is 2.05. The minimum Gasteiger partial charge on any atom is -0.316 e. The predicted octanol–water partition coefficient (Wildman–Crippen LogP) is 3.21. The highest BCUT2D eigenvalue weighted by atomic mass is 32.1. The van der Waals surface area contributed by atoms with Gasteiger partial charge in [-0.15, -0.1) is 11.3 Å². The Morgan fingerprint density at radius 3 is 2.50 bits per heavy atom. The summed E-state index contributed by atoms with van der Waals surface area (Å²) in [4.78, 5) is 17.4. The molecule has 5 heteroatoms. The molecule has 3 N–H and O–H groups in total. The summed E-state index contributed by atoms with van der Waals surface area (Å²) in [6.45, 7) is 6.19. The number of carbonyl (C=O) groups excluding carboxylic acids is 1. The van der Waals surface area contributed by atoms with Gasteiger partial charge in [0.2, 0.25) is 5.91 Å². The van der Waals surface area contributed by atoms with Crippen molar-refractivity contribution in [3.05, 3.63) is 46.5 Å². The van der Waals surface area contributed by atoms with Gasteiger partial charge in [0, 0.05) is 11.1 Å². The molecular weight excluding hydrogens is 270 g/mol. The number of hydrogen-bond acceptors (Lipinski definition) is 4. The topological polar surface area (TPSA) is 68.0 Å². The van der Waals surface area contributed by atoms with E-state index in [1.807, 2.05) is 31.2 Å². The molecule has 2 rings (SSSR count). The molecule has 0 aliphatic heterocycles. The number of amides is 1. The van der Waals surface area contributed by atoms with E-state index in [4.69, 9.17) is 5.73 Å². The van der Waals surface area contributed by atoms with Crippen LogP contribution >= 0.6 is 11.3 Å². The van der Waals surface area contributed by atoms with Crippen molar-refractivity contribution in [1.82, 2.24) is 4.98 Å². The lowest BCUT2D eigenvalue weighted by Crippen LogP contribution is -2.27. The van der Waals surface area contributed by atoms with Crippen molar-refractivity contribution in [3.63, 3.8) is 0 Å². The number of hydrogen-bond donors (Lipinski definition) is 2. The molecule has 106 valence electrons. The lowest BCUT2D eigenvalue weighted by molar-refractivity contribution is -0.117. The van der Waals surface area contributed by atoms with Crippen molar-refractivity contribution in [2.45, 2.75) is 32.7 Å². The van der Waals surface area contributed by atoms with Crippen molar-refractivity contribution in [3.8, 4) is 0 Å². The number of carbonyl (C=O) groups is 1. The summed E-state index contributed by atoms with van der Waals surface area (Å²) >= 11 is 1.49. The summed E-state index contributed by atoms with van der Waals surface area (Å²) < 4.78 is 0. The van der Waals surface area contributed by atoms with Crippen LogP contribution in [0.2, 0.25) is 0 Å². The summed E-state index contributed by atoms with van der Waals surface area (Å²) in [7, 11) is 0. The molecule has 0 radical (unpaired) electrons. The molecule has 0 aliphatic rings. The van der Waals surface area contributed by atoms with Crippen LogP contribution in [0.5, 0.6) is 0 Å². The average molecular weight is 289 g/mol. The maximum absolute atomic E-state index is 12.1. The van der Waals surface area contributed by atoms with Crippen LogP contribution in [0.1, 0.15) is 41.8 Å². The normalized spacial score (nSPS) is 12.4. The van der Waals surface area contributed by atoms with Gasteiger partial charge in [-0.25, -0.2) is 4.98 Å². The Hall–Kier alpha value is -1.72. The molecule has 20 heavy (non-hydrogen) atoms. The SMILES string of the molecule is Cc1ccc(C(N)C(=O)Nc2ncc(C(C)C)s2)cc1. The molecule has 0 aliphatic carbocycles. The van der Waals surface area contributed by atoms with E-state index in [9.17, 15) is 4.79 Å². The molecule has 1 atom stereocenters. The highest BCUT2D eigenvalue weighted by Gasteiger charge is 2.17. The first-order valence-electron chi connectivity index (χ1n) is 6.56. The summed E-state index contributed by atoms with van der Waals surface area (Å²) in [6.07, 6.45) is 1.79. The highest BCUT2D eigenvalue weighted by Crippen LogP contribution is 2.25. The zero-order valence-electron chi connectivity index (χ0n) is 11.9. The molecule has 4 nitrogen and oxygen atoms in total. The first-order chi connectivity index (χ1) is 9.47. The molecule has 1 amide bonds. The number of nitrogens with two attached hydrogens (primary N) is 1. The zero-order chi connectivity index (χ0) is 14.7. The van der Waals surface area contributed by atoms with E-state index in [-0.39, 0.29) is 5.91 Å². The quantitative estimate of drug-likeness (QED) is 0.908. The smallest absolute Gasteiger partial charge is 0.247 e. The molecule has 1 heterocycles. The third-order valence-corrected chi connectivity index (χ3v) is 4.26. The Kier molecular flexibility index (Phi) is 4.52. The first-order valence-corrected chi connectivity index (χ1v) is 7.37. The van der Waals surface area contributed by atoms with Crippen LogP contribution in [0.3, 0.4) is 0 Å². The lowest BCUT2D eigenvalue weighted by atomic mass is 10.1. The third kappa shape index (κ3) is 3.43. The van der Waals surface area contributed by atoms with Crippen LogP contribution < -0.4 is 11.1 Å². The van der Waals surface area contributed by atoms with Gasteiger partial charge < -0.3 is 11.1 Å². The Morgan fingerprint density at radius 2 is 1.95 bits per heavy atom. The van der Waals surface area contributed by atoms with Gasteiger partial charge in [0.1, 0.15) is 6.04 Å². The fraction of sp³-hybridized carbons (Fsp3) is 0.333. The van der Waals surface area contributed by atoms with Crippen LogP contribution in [-0.4, -0.2) is 10.9 Å². The maximum atomic E-state index is 12.1. The number of aryl methyl sites for hydroxylation is 1. The second-order valence-electron chi connectivity index (χ2n) is 5.10. The monoisotopic (exact) mass is 289 g/mol. The summed E-state index contributed by atoms with van der Waals surface area (Å²) in [5.41, 5.74) is 7.91. The number of benzene rings is 1. The van der Waals surface area contributed by atoms with Gasteiger partial charge in [-0.05, 0) is 18.4 Å². The van der Waals surface area contributed by atoms with Crippen molar-refractivity contribution >= 4 is 22.4 Å². The van der Waals surface area contributed by atoms with Crippen LogP contribution in [0.4, 0.5) is 5.13 Å². The van der Waals surface area contributed by atoms with Crippen molar-refractivity contribution in [2.24, 2.45) is 5.73 Å². The fourth-order valence-electron chi connectivity index (χ4n) is 1.72. The molecule has 0 saturated carbocycles. The van der Waals surface area contributed by atoms with Crippen LogP contribution in [0.15, 0.2) is 30.5 Å². The third-order valence-electron chi connectivity index (χ3n) is 3.04. The fourth-order valence-corrected chi connectivity index (χ4v) is 2.54. The number of rotatable bonds is 4. The van der Waals surface area contributed by atoms with Gasteiger partial charge in [-0.1, -0.05) is 43.7 Å². The molecule has 1 unspecified atom stereocenters. The number of aromatic nitrogens is 1. The Labute approximate surface area is 123 Å². The van der Waals surface area contributed by atoms with Crippen LogP contribution in [0, 0.1) is 6.92 Å². The predicted molar refractivity (Wildman–Crippen MR) is 82.9 cm³/mol. The number of anilines is 1. The minimum absolute atomic E-state index is 0.237. The molecule has 1 aromatic heterocycles. The summed E-state index contributed by atoms with van der Waals surface area (Å²) in [6, 6.07) is 6.97. The van der Waals surface area contributed by atoms with E-state index in [2.05, 4.69) is 24.1 Å². The van der Waals surface area contributed by atoms with Gasteiger partial charge in [-0.2, -0.15) is 0 Å². The second kappa shape index (κ2) is 6.15. The van der Waals surface area contributed by atoms with E-state index < -0.39 is 6.04 Å². The van der Waals surface area contributed by atoms with Crippen LogP contribution in [0.25, 0.3) is 0 Å².